The molecule has 4 heteroatoms. The zero-order chi connectivity index (χ0) is 12.9. The third kappa shape index (κ3) is 5.13. The second-order valence-corrected chi connectivity index (χ2v) is 5.21. The van der Waals surface area contributed by atoms with Crippen LogP contribution in [0.3, 0.4) is 0 Å². The quantitative estimate of drug-likeness (QED) is 0.776. The Morgan fingerprint density at radius 3 is 2.65 bits per heavy atom. The van der Waals surface area contributed by atoms with E-state index >= 15 is 0 Å². The van der Waals surface area contributed by atoms with Gasteiger partial charge in [0.15, 0.2) is 0 Å². The first-order valence-electron chi connectivity index (χ1n) is 6.05. The van der Waals surface area contributed by atoms with Crippen LogP contribution < -0.4 is 10.6 Å². The van der Waals surface area contributed by atoms with Gasteiger partial charge in [-0.2, -0.15) is 0 Å². The fourth-order valence-electron chi connectivity index (χ4n) is 1.48. The maximum absolute atomic E-state index is 13.2. The summed E-state index contributed by atoms with van der Waals surface area (Å²) in [7, 11) is 0. The Labute approximate surface area is 103 Å². The molecule has 0 saturated heterocycles. The van der Waals surface area contributed by atoms with E-state index in [1.807, 2.05) is 0 Å². The van der Waals surface area contributed by atoms with Gasteiger partial charge in [0.2, 0.25) is 0 Å². The van der Waals surface area contributed by atoms with Crippen molar-refractivity contribution in [1.29, 1.82) is 0 Å². The van der Waals surface area contributed by atoms with Crippen LogP contribution in [0, 0.1) is 5.82 Å². The number of rotatable bonds is 5. The SMILES string of the molecule is CCCNCc1cc(F)cnc1NC(C)(C)C. The third-order valence-corrected chi connectivity index (χ3v) is 2.17. The molecule has 0 spiro atoms. The summed E-state index contributed by atoms with van der Waals surface area (Å²) < 4.78 is 13.2. The van der Waals surface area contributed by atoms with E-state index in [0.717, 1.165) is 24.3 Å². The topological polar surface area (TPSA) is 37.0 Å². The van der Waals surface area contributed by atoms with Crippen LogP contribution in [0.15, 0.2) is 12.3 Å². The summed E-state index contributed by atoms with van der Waals surface area (Å²) in [6.07, 6.45) is 2.31. The number of aromatic nitrogens is 1. The van der Waals surface area contributed by atoms with Gasteiger partial charge in [-0.25, -0.2) is 9.37 Å². The zero-order valence-electron chi connectivity index (χ0n) is 11.1. The first kappa shape index (κ1) is 13.9. The van der Waals surface area contributed by atoms with E-state index in [9.17, 15) is 4.39 Å². The third-order valence-electron chi connectivity index (χ3n) is 2.17. The Kier molecular flexibility index (Phi) is 4.87. The van der Waals surface area contributed by atoms with Gasteiger partial charge in [0, 0.05) is 17.6 Å². The summed E-state index contributed by atoms with van der Waals surface area (Å²) in [6, 6.07) is 1.53. The van der Waals surface area contributed by atoms with Crippen molar-refractivity contribution in [3.8, 4) is 0 Å². The lowest BCUT2D eigenvalue weighted by Crippen LogP contribution is -2.28. The molecule has 3 nitrogen and oxygen atoms in total. The van der Waals surface area contributed by atoms with E-state index in [4.69, 9.17) is 0 Å². The average molecular weight is 239 g/mol. The molecule has 0 unspecified atom stereocenters. The fourth-order valence-corrected chi connectivity index (χ4v) is 1.48. The maximum atomic E-state index is 13.2. The van der Waals surface area contributed by atoms with E-state index in [1.165, 1.54) is 12.3 Å². The second kappa shape index (κ2) is 5.96. The number of pyridine rings is 1. The standard InChI is InChI=1S/C13H22FN3/c1-5-6-15-8-10-7-11(14)9-16-12(10)17-13(2,3)4/h7,9,15H,5-6,8H2,1-4H3,(H,16,17). The minimum atomic E-state index is -0.294. The molecule has 96 valence electrons. The van der Waals surface area contributed by atoms with Crippen molar-refractivity contribution in [1.82, 2.24) is 10.3 Å². The molecule has 0 atom stereocenters. The Balaban J connectivity index is 2.80. The monoisotopic (exact) mass is 239 g/mol. The van der Waals surface area contributed by atoms with E-state index in [-0.39, 0.29) is 11.4 Å². The Morgan fingerprint density at radius 2 is 2.06 bits per heavy atom. The van der Waals surface area contributed by atoms with Crippen molar-refractivity contribution in [3.05, 3.63) is 23.6 Å². The molecular formula is C13H22FN3. The van der Waals surface area contributed by atoms with Crippen molar-refractivity contribution >= 4 is 5.82 Å². The summed E-state index contributed by atoms with van der Waals surface area (Å²) in [4.78, 5) is 4.12. The molecule has 0 aromatic carbocycles. The van der Waals surface area contributed by atoms with Gasteiger partial charge in [-0.1, -0.05) is 6.92 Å². The Hall–Kier alpha value is -1.16. The molecule has 17 heavy (non-hydrogen) atoms. The largest absolute Gasteiger partial charge is 0.365 e. The molecule has 2 N–H and O–H groups in total. The number of halogens is 1. The lowest BCUT2D eigenvalue weighted by atomic mass is 10.1. The van der Waals surface area contributed by atoms with Crippen LogP contribution in [-0.2, 0) is 6.54 Å². The van der Waals surface area contributed by atoms with Crippen molar-refractivity contribution in [2.75, 3.05) is 11.9 Å². The normalized spacial score (nSPS) is 11.6. The number of nitrogens with zero attached hydrogens (tertiary/aromatic N) is 1. The van der Waals surface area contributed by atoms with Gasteiger partial charge in [0.25, 0.3) is 0 Å². The van der Waals surface area contributed by atoms with Crippen molar-refractivity contribution in [3.63, 3.8) is 0 Å². The fraction of sp³-hybridized carbons (Fsp3) is 0.615. The highest BCUT2D eigenvalue weighted by Gasteiger charge is 2.13. The summed E-state index contributed by atoms with van der Waals surface area (Å²) in [5.74, 6) is 0.459. The van der Waals surface area contributed by atoms with E-state index in [1.54, 1.807) is 0 Å². The molecule has 1 aromatic rings. The van der Waals surface area contributed by atoms with Crippen LogP contribution in [0.5, 0.6) is 0 Å². The van der Waals surface area contributed by atoms with E-state index < -0.39 is 0 Å². The summed E-state index contributed by atoms with van der Waals surface area (Å²) in [6.45, 7) is 9.83. The van der Waals surface area contributed by atoms with Gasteiger partial charge in [-0.15, -0.1) is 0 Å². The first-order valence-corrected chi connectivity index (χ1v) is 6.05. The minimum absolute atomic E-state index is 0.0790. The van der Waals surface area contributed by atoms with Crippen LogP contribution in [0.2, 0.25) is 0 Å². The van der Waals surface area contributed by atoms with Gasteiger partial charge in [0.1, 0.15) is 11.6 Å². The highest BCUT2D eigenvalue weighted by molar-refractivity contribution is 5.45. The summed E-state index contributed by atoms with van der Waals surface area (Å²) in [5, 5.41) is 6.54. The van der Waals surface area contributed by atoms with Gasteiger partial charge >= 0.3 is 0 Å². The molecule has 0 aliphatic carbocycles. The van der Waals surface area contributed by atoms with Gasteiger partial charge in [-0.05, 0) is 39.8 Å². The van der Waals surface area contributed by atoms with Crippen molar-refractivity contribution in [2.24, 2.45) is 0 Å². The predicted molar refractivity (Wildman–Crippen MR) is 69.6 cm³/mol. The van der Waals surface area contributed by atoms with Crippen LogP contribution >= 0.6 is 0 Å². The highest BCUT2D eigenvalue weighted by atomic mass is 19.1. The van der Waals surface area contributed by atoms with Gasteiger partial charge < -0.3 is 10.6 Å². The maximum Gasteiger partial charge on any atom is 0.141 e. The first-order chi connectivity index (χ1) is 7.92. The lowest BCUT2D eigenvalue weighted by Gasteiger charge is -2.23. The van der Waals surface area contributed by atoms with Crippen LogP contribution in [0.1, 0.15) is 39.7 Å². The van der Waals surface area contributed by atoms with Crippen molar-refractivity contribution in [2.45, 2.75) is 46.2 Å². The van der Waals surface area contributed by atoms with Crippen LogP contribution in [0.4, 0.5) is 10.2 Å². The van der Waals surface area contributed by atoms with Crippen LogP contribution in [-0.4, -0.2) is 17.1 Å². The average Bonchev–Trinajstić information content (AvgIpc) is 2.20. The number of anilines is 1. The zero-order valence-corrected chi connectivity index (χ0v) is 11.1. The highest BCUT2D eigenvalue weighted by Crippen LogP contribution is 2.18. The predicted octanol–water partition coefficient (Wildman–Crippen LogP) is 2.93. The molecule has 0 saturated carbocycles. The molecule has 1 heterocycles. The molecule has 0 aliphatic heterocycles. The Morgan fingerprint density at radius 1 is 1.35 bits per heavy atom. The molecule has 0 aliphatic rings. The second-order valence-electron chi connectivity index (χ2n) is 5.21. The summed E-state index contributed by atoms with van der Waals surface area (Å²) >= 11 is 0. The van der Waals surface area contributed by atoms with Crippen LogP contribution in [0.25, 0.3) is 0 Å². The summed E-state index contributed by atoms with van der Waals surface area (Å²) in [5.41, 5.74) is 0.790. The number of hydrogen-bond acceptors (Lipinski definition) is 3. The molecule has 0 radical (unpaired) electrons. The molecular weight excluding hydrogens is 217 g/mol. The van der Waals surface area contributed by atoms with Crippen molar-refractivity contribution < 1.29 is 4.39 Å². The number of hydrogen-bond donors (Lipinski definition) is 2. The number of nitrogens with one attached hydrogen (secondary N) is 2. The molecule has 1 rings (SSSR count). The lowest BCUT2D eigenvalue weighted by molar-refractivity contribution is 0.601. The minimum Gasteiger partial charge on any atom is -0.365 e. The van der Waals surface area contributed by atoms with E-state index in [0.29, 0.717) is 6.54 Å². The smallest absolute Gasteiger partial charge is 0.141 e. The van der Waals surface area contributed by atoms with Gasteiger partial charge in [-0.3, -0.25) is 0 Å². The molecule has 1 aromatic heterocycles. The Bertz CT molecular complexity index is 358. The van der Waals surface area contributed by atoms with Gasteiger partial charge in [0.05, 0.1) is 6.20 Å². The molecule has 0 bridgehead atoms. The molecule has 0 amide bonds. The molecule has 0 fully saturated rings. The van der Waals surface area contributed by atoms with E-state index in [2.05, 4.69) is 43.3 Å².